The number of ether oxygens (including phenoxy) is 3. The number of unbranched alkanes of at least 4 members (excludes halogenated alkanes) is 28. The second-order valence-electron chi connectivity index (χ2n) is 16.2. The predicted molar refractivity (Wildman–Crippen MR) is 220 cm³/mol. The van der Waals surface area contributed by atoms with Crippen molar-refractivity contribution < 1.29 is 28.6 Å². The molecule has 0 aromatic heterocycles. The Morgan fingerprint density at radius 3 is 0.942 bits per heavy atom. The number of esters is 3. The van der Waals surface area contributed by atoms with Gasteiger partial charge < -0.3 is 14.2 Å². The van der Waals surface area contributed by atoms with E-state index in [1.54, 1.807) is 0 Å². The highest BCUT2D eigenvalue weighted by Crippen LogP contribution is 2.16. The maximum absolute atomic E-state index is 12.6. The van der Waals surface area contributed by atoms with Gasteiger partial charge in [0.15, 0.2) is 6.10 Å². The molecule has 0 saturated carbocycles. The van der Waals surface area contributed by atoms with E-state index in [-0.39, 0.29) is 31.1 Å². The van der Waals surface area contributed by atoms with Gasteiger partial charge in [0.1, 0.15) is 13.2 Å². The zero-order chi connectivity index (χ0) is 38.2. The average molecular weight is 737 g/mol. The van der Waals surface area contributed by atoms with Crippen LogP contribution in [0.2, 0.25) is 0 Å². The van der Waals surface area contributed by atoms with Gasteiger partial charge in [0.2, 0.25) is 0 Å². The van der Waals surface area contributed by atoms with Gasteiger partial charge in [0.05, 0.1) is 0 Å². The standard InChI is InChI=1S/C46H88O6/c1-5-7-9-11-13-15-22-25-29-33-37-44(47)50-40-43(52-46(49)39-35-31-27-20-14-12-10-8-6-2)41-51-45(48)38-34-30-26-23-19-17-16-18-21-24-28-32-36-42(3)4/h42-43H,5-41H2,1-4H3/t43-/m0/s1. The smallest absolute Gasteiger partial charge is 0.306 e. The molecule has 52 heavy (non-hydrogen) atoms. The second kappa shape index (κ2) is 40.6. The molecule has 0 amide bonds. The Morgan fingerprint density at radius 1 is 0.365 bits per heavy atom. The summed E-state index contributed by atoms with van der Waals surface area (Å²) in [7, 11) is 0. The van der Waals surface area contributed by atoms with Crippen LogP contribution in [0.4, 0.5) is 0 Å². The zero-order valence-corrected chi connectivity index (χ0v) is 35.3. The van der Waals surface area contributed by atoms with Gasteiger partial charge in [-0.25, -0.2) is 0 Å². The normalized spacial score (nSPS) is 11.9. The maximum Gasteiger partial charge on any atom is 0.306 e. The summed E-state index contributed by atoms with van der Waals surface area (Å²) in [5.74, 6) is -0.0234. The van der Waals surface area contributed by atoms with Crippen LogP contribution in [0, 0.1) is 5.92 Å². The zero-order valence-electron chi connectivity index (χ0n) is 35.3. The molecule has 0 aliphatic heterocycles. The SMILES string of the molecule is CCCCCCCCCCCCC(=O)OC[C@@H](COC(=O)CCCCCCCCCCCCCCC(C)C)OC(=O)CCCCCCCCCCC. The van der Waals surface area contributed by atoms with E-state index in [0.717, 1.165) is 63.7 Å². The highest BCUT2D eigenvalue weighted by molar-refractivity contribution is 5.71. The summed E-state index contributed by atoms with van der Waals surface area (Å²) in [6.45, 7) is 8.97. The van der Waals surface area contributed by atoms with Crippen molar-refractivity contribution in [1.82, 2.24) is 0 Å². The van der Waals surface area contributed by atoms with Crippen LogP contribution in [0.3, 0.4) is 0 Å². The molecule has 1 atom stereocenters. The summed E-state index contributed by atoms with van der Waals surface area (Å²) in [6, 6.07) is 0. The number of hydrogen-bond donors (Lipinski definition) is 0. The molecule has 0 N–H and O–H groups in total. The Bertz CT molecular complexity index is 781. The van der Waals surface area contributed by atoms with Crippen molar-refractivity contribution in [3.05, 3.63) is 0 Å². The summed E-state index contributed by atoms with van der Waals surface area (Å²) in [6.07, 6.45) is 39.4. The van der Waals surface area contributed by atoms with Gasteiger partial charge in [-0.3, -0.25) is 14.4 Å². The lowest BCUT2D eigenvalue weighted by Crippen LogP contribution is -2.30. The van der Waals surface area contributed by atoms with Crippen molar-refractivity contribution in [2.75, 3.05) is 13.2 Å². The molecule has 6 heteroatoms. The Kier molecular flexibility index (Phi) is 39.4. The topological polar surface area (TPSA) is 78.9 Å². The average Bonchev–Trinajstić information content (AvgIpc) is 3.12. The molecule has 0 aromatic carbocycles. The quantitative estimate of drug-likeness (QED) is 0.0353. The van der Waals surface area contributed by atoms with Crippen LogP contribution in [0.25, 0.3) is 0 Å². The molecule has 0 rings (SSSR count). The third-order valence-electron chi connectivity index (χ3n) is 10.3. The van der Waals surface area contributed by atoms with Crippen molar-refractivity contribution in [2.45, 2.75) is 259 Å². The van der Waals surface area contributed by atoms with Gasteiger partial charge >= 0.3 is 17.9 Å². The van der Waals surface area contributed by atoms with E-state index < -0.39 is 6.10 Å². The highest BCUT2D eigenvalue weighted by Gasteiger charge is 2.19. The first kappa shape index (κ1) is 50.4. The van der Waals surface area contributed by atoms with Crippen molar-refractivity contribution in [3.8, 4) is 0 Å². The number of hydrogen-bond acceptors (Lipinski definition) is 6. The molecule has 6 nitrogen and oxygen atoms in total. The first-order valence-corrected chi connectivity index (χ1v) is 22.9. The Labute approximate surface area is 323 Å². The largest absolute Gasteiger partial charge is 0.462 e. The third-order valence-corrected chi connectivity index (χ3v) is 10.3. The highest BCUT2D eigenvalue weighted by atomic mass is 16.6. The van der Waals surface area contributed by atoms with Crippen LogP contribution in [0.15, 0.2) is 0 Å². The minimum Gasteiger partial charge on any atom is -0.462 e. The molecule has 0 fully saturated rings. The van der Waals surface area contributed by atoms with Gasteiger partial charge in [-0.05, 0) is 25.2 Å². The number of rotatable bonds is 41. The monoisotopic (exact) mass is 737 g/mol. The van der Waals surface area contributed by atoms with Gasteiger partial charge in [-0.1, -0.05) is 214 Å². The van der Waals surface area contributed by atoms with E-state index >= 15 is 0 Å². The minimum atomic E-state index is -0.758. The number of carbonyl (C=O) groups is 3. The van der Waals surface area contributed by atoms with Crippen LogP contribution in [-0.2, 0) is 28.6 Å². The van der Waals surface area contributed by atoms with E-state index in [1.165, 1.54) is 148 Å². The van der Waals surface area contributed by atoms with Crippen LogP contribution in [0.5, 0.6) is 0 Å². The molecule has 0 radical (unpaired) electrons. The van der Waals surface area contributed by atoms with Crippen LogP contribution >= 0.6 is 0 Å². The van der Waals surface area contributed by atoms with Crippen LogP contribution in [-0.4, -0.2) is 37.2 Å². The Hall–Kier alpha value is -1.59. The lowest BCUT2D eigenvalue weighted by molar-refractivity contribution is -0.167. The summed E-state index contributed by atoms with van der Waals surface area (Å²) in [4.78, 5) is 37.6. The summed E-state index contributed by atoms with van der Waals surface area (Å²) in [5, 5.41) is 0. The molecule has 0 bridgehead atoms. The first-order chi connectivity index (χ1) is 25.4. The van der Waals surface area contributed by atoms with Crippen molar-refractivity contribution in [1.29, 1.82) is 0 Å². The van der Waals surface area contributed by atoms with E-state index in [1.807, 2.05) is 0 Å². The molecule has 0 aliphatic rings. The van der Waals surface area contributed by atoms with E-state index in [9.17, 15) is 14.4 Å². The summed E-state index contributed by atoms with van der Waals surface area (Å²) >= 11 is 0. The predicted octanol–water partition coefficient (Wildman–Crippen LogP) is 14.3. The van der Waals surface area contributed by atoms with Gasteiger partial charge in [-0.15, -0.1) is 0 Å². The van der Waals surface area contributed by atoms with Gasteiger partial charge in [0.25, 0.3) is 0 Å². The minimum absolute atomic E-state index is 0.0639. The maximum atomic E-state index is 12.6. The lowest BCUT2D eigenvalue weighted by Gasteiger charge is -2.18. The molecule has 0 unspecified atom stereocenters. The molecule has 0 heterocycles. The molecular formula is C46H88O6. The first-order valence-electron chi connectivity index (χ1n) is 22.9. The van der Waals surface area contributed by atoms with Gasteiger partial charge in [0, 0.05) is 19.3 Å². The molecular weight excluding hydrogens is 648 g/mol. The fraction of sp³-hybridized carbons (Fsp3) is 0.935. The van der Waals surface area contributed by atoms with Crippen molar-refractivity contribution in [2.24, 2.45) is 5.92 Å². The Morgan fingerprint density at radius 2 is 0.635 bits per heavy atom. The third kappa shape index (κ3) is 39.6. The van der Waals surface area contributed by atoms with Crippen molar-refractivity contribution in [3.63, 3.8) is 0 Å². The fourth-order valence-electron chi connectivity index (χ4n) is 6.80. The van der Waals surface area contributed by atoms with Gasteiger partial charge in [-0.2, -0.15) is 0 Å². The van der Waals surface area contributed by atoms with E-state index in [2.05, 4.69) is 27.7 Å². The summed E-state index contributed by atoms with van der Waals surface area (Å²) in [5.41, 5.74) is 0. The Balaban J connectivity index is 4.27. The molecule has 0 aliphatic carbocycles. The van der Waals surface area contributed by atoms with E-state index in [0.29, 0.717) is 19.3 Å². The fourth-order valence-corrected chi connectivity index (χ4v) is 6.80. The van der Waals surface area contributed by atoms with E-state index in [4.69, 9.17) is 14.2 Å². The summed E-state index contributed by atoms with van der Waals surface area (Å²) < 4.78 is 16.7. The number of carbonyl (C=O) groups excluding carboxylic acids is 3. The van der Waals surface area contributed by atoms with Crippen LogP contribution < -0.4 is 0 Å². The molecule has 308 valence electrons. The molecule has 0 spiro atoms. The van der Waals surface area contributed by atoms with Crippen molar-refractivity contribution >= 4 is 17.9 Å². The lowest BCUT2D eigenvalue weighted by atomic mass is 10.0. The second-order valence-corrected chi connectivity index (χ2v) is 16.2. The van der Waals surface area contributed by atoms with Crippen LogP contribution in [0.1, 0.15) is 252 Å². The molecule has 0 aromatic rings. The molecule has 0 saturated heterocycles.